The zero-order valence-electron chi connectivity index (χ0n) is 18.9. The topological polar surface area (TPSA) is 99.1 Å². The molecule has 0 aliphatic carbocycles. The quantitative estimate of drug-likeness (QED) is 0.616. The lowest BCUT2D eigenvalue weighted by Gasteiger charge is -2.16. The predicted octanol–water partition coefficient (Wildman–Crippen LogP) is 2.64. The van der Waals surface area contributed by atoms with Crippen LogP contribution in [0, 0.1) is 0 Å². The van der Waals surface area contributed by atoms with Crippen LogP contribution >= 0.6 is 11.8 Å². The van der Waals surface area contributed by atoms with Crippen LogP contribution in [0.5, 0.6) is 0 Å². The third-order valence-electron chi connectivity index (χ3n) is 4.97. The van der Waals surface area contributed by atoms with Gasteiger partial charge in [0, 0.05) is 38.9 Å². The summed E-state index contributed by atoms with van der Waals surface area (Å²) in [5.74, 6) is -0.270. The number of aliphatic imine (C=N–C) groups is 1. The van der Waals surface area contributed by atoms with Crippen molar-refractivity contribution in [1.82, 2.24) is 14.5 Å². The summed E-state index contributed by atoms with van der Waals surface area (Å²) in [6, 6.07) is 15.8. The van der Waals surface area contributed by atoms with Gasteiger partial charge in [-0.15, -0.1) is 0 Å². The molecule has 0 aromatic heterocycles. The molecule has 10 heteroatoms. The van der Waals surface area contributed by atoms with E-state index in [1.807, 2.05) is 37.3 Å². The fourth-order valence-electron chi connectivity index (χ4n) is 3.23. The van der Waals surface area contributed by atoms with Gasteiger partial charge >= 0.3 is 0 Å². The van der Waals surface area contributed by atoms with E-state index in [0.717, 1.165) is 9.87 Å². The Balaban J connectivity index is 1.64. The Hall–Kier alpha value is -2.69. The second-order valence-corrected chi connectivity index (χ2v) is 11.4. The highest BCUT2D eigenvalue weighted by atomic mass is 32.2. The zero-order chi connectivity index (χ0) is 24.0. The van der Waals surface area contributed by atoms with Gasteiger partial charge in [0.2, 0.25) is 21.8 Å². The number of rotatable bonds is 8. The fraction of sp³-hybridized carbons (Fsp3) is 0.348. The molecule has 1 unspecified atom stereocenters. The van der Waals surface area contributed by atoms with Crippen LogP contribution in [-0.2, 0) is 26.0 Å². The molecular formula is C23H28N4O4S2. The Morgan fingerprint density at radius 1 is 1.15 bits per heavy atom. The first-order valence-electron chi connectivity index (χ1n) is 10.6. The maximum absolute atomic E-state index is 12.8. The largest absolute Gasteiger partial charge is 0.355 e. The minimum atomic E-state index is -3.58. The van der Waals surface area contributed by atoms with Gasteiger partial charge in [0.15, 0.2) is 5.17 Å². The highest BCUT2D eigenvalue weighted by molar-refractivity contribution is 8.14. The van der Waals surface area contributed by atoms with E-state index in [9.17, 15) is 18.0 Å². The van der Waals surface area contributed by atoms with Crippen LogP contribution in [0.15, 0.2) is 64.5 Å². The molecule has 1 heterocycles. The Morgan fingerprint density at radius 3 is 2.58 bits per heavy atom. The van der Waals surface area contributed by atoms with Gasteiger partial charge in [0.05, 0.1) is 17.0 Å². The molecule has 0 radical (unpaired) electrons. The van der Waals surface area contributed by atoms with Gasteiger partial charge in [-0.25, -0.2) is 17.7 Å². The summed E-state index contributed by atoms with van der Waals surface area (Å²) in [5.41, 5.74) is 1.38. The standard InChI is InChI=1S/C23H28N4O4S2/c1-17-16-27(22(29)12-13-24-21(28)14-18-8-5-4-6-9-18)23(32-17)25-19-10-7-11-20(15-19)33(30,31)26(2)3/h4-11,15,17H,12-14,16H2,1-3H3,(H,24,28). The van der Waals surface area contributed by atoms with E-state index in [0.29, 0.717) is 17.4 Å². The molecule has 33 heavy (non-hydrogen) atoms. The second-order valence-electron chi connectivity index (χ2n) is 7.87. The van der Waals surface area contributed by atoms with Crippen LogP contribution < -0.4 is 5.32 Å². The Bertz CT molecular complexity index is 1130. The van der Waals surface area contributed by atoms with Crippen molar-refractivity contribution in [1.29, 1.82) is 0 Å². The molecule has 2 aromatic rings. The van der Waals surface area contributed by atoms with Crippen molar-refractivity contribution in [3.63, 3.8) is 0 Å². The number of nitrogens with zero attached hydrogens (tertiary/aromatic N) is 3. The van der Waals surface area contributed by atoms with Crippen LogP contribution in [-0.4, -0.2) is 67.0 Å². The van der Waals surface area contributed by atoms with Crippen molar-refractivity contribution in [3.8, 4) is 0 Å². The van der Waals surface area contributed by atoms with Crippen molar-refractivity contribution >= 4 is 44.5 Å². The van der Waals surface area contributed by atoms with E-state index in [2.05, 4.69) is 10.3 Å². The molecule has 1 N–H and O–H groups in total. The van der Waals surface area contributed by atoms with Gasteiger partial charge in [0.1, 0.15) is 0 Å². The molecule has 2 amide bonds. The average Bonchev–Trinajstić information content (AvgIpc) is 3.14. The van der Waals surface area contributed by atoms with Crippen molar-refractivity contribution in [2.24, 2.45) is 4.99 Å². The van der Waals surface area contributed by atoms with Crippen LogP contribution in [0.25, 0.3) is 0 Å². The monoisotopic (exact) mass is 488 g/mol. The SMILES string of the molecule is CC1CN(C(=O)CCNC(=O)Cc2ccccc2)C(=Nc2cccc(S(=O)(=O)N(C)C)c2)S1. The van der Waals surface area contributed by atoms with E-state index in [-0.39, 0.29) is 41.3 Å². The summed E-state index contributed by atoms with van der Waals surface area (Å²) < 4.78 is 26.0. The molecule has 0 spiro atoms. The van der Waals surface area contributed by atoms with E-state index in [4.69, 9.17) is 0 Å². The number of benzene rings is 2. The molecule has 0 bridgehead atoms. The van der Waals surface area contributed by atoms with Crippen molar-refractivity contribution < 1.29 is 18.0 Å². The lowest BCUT2D eigenvalue weighted by molar-refractivity contribution is -0.127. The third-order valence-corrected chi connectivity index (χ3v) is 7.85. The number of carbonyl (C=O) groups excluding carboxylic acids is 2. The number of sulfonamides is 1. The minimum Gasteiger partial charge on any atom is -0.355 e. The maximum Gasteiger partial charge on any atom is 0.242 e. The van der Waals surface area contributed by atoms with Gasteiger partial charge in [-0.2, -0.15) is 0 Å². The van der Waals surface area contributed by atoms with Gasteiger partial charge in [-0.3, -0.25) is 14.5 Å². The molecule has 8 nitrogen and oxygen atoms in total. The van der Waals surface area contributed by atoms with E-state index < -0.39 is 10.0 Å². The number of carbonyl (C=O) groups is 2. The first kappa shape index (κ1) is 24.9. The molecule has 176 valence electrons. The van der Waals surface area contributed by atoms with Gasteiger partial charge in [-0.05, 0) is 23.8 Å². The Kier molecular flexibility index (Phi) is 8.28. The summed E-state index contributed by atoms with van der Waals surface area (Å²) in [5, 5.41) is 3.48. The number of thioether (sulfide) groups is 1. The van der Waals surface area contributed by atoms with E-state index >= 15 is 0 Å². The lowest BCUT2D eigenvalue weighted by atomic mass is 10.1. The summed E-state index contributed by atoms with van der Waals surface area (Å²) in [7, 11) is -0.633. The highest BCUT2D eigenvalue weighted by Crippen LogP contribution is 2.29. The number of amidine groups is 1. The molecule has 1 aliphatic rings. The highest BCUT2D eigenvalue weighted by Gasteiger charge is 2.30. The summed E-state index contributed by atoms with van der Waals surface area (Å²) in [6.45, 7) is 2.75. The van der Waals surface area contributed by atoms with Crippen molar-refractivity contribution in [3.05, 3.63) is 60.2 Å². The van der Waals surface area contributed by atoms with Gasteiger partial charge < -0.3 is 5.32 Å². The first-order valence-corrected chi connectivity index (χ1v) is 12.9. The summed E-state index contributed by atoms with van der Waals surface area (Å²) in [6.07, 6.45) is 0.423. The first-order chi connectivity index (χ1) is 15.7. The zero-order valence-corrected chi connectivity index (χ0v) is 20.5. The molecule has 0 saturated carbocycles. The van der Waals surface area contributed by atoms with E-state index in [1.165, 1.54) is 38.0 Å². The fourth-order valence-corrected chi connectivity index (χ4v) is 5.22. The van der Waals surface area contributed by atoms with Crippen molar-refractivity contribution in [2.45, 2.75) is 29.9 Å². The lowest BCUT2D eigenvalue weighted by Crippen LogP contribution is -2.36. The summed E-state index contributed by atoms with van der Waals surface area (Å²) in [4.78, 5) is 31.2. The Labute approximate surface area is 199 Å². The predicted molar refractivity (Wildman–Crippen MR) is 131 cm³/mol. The minimum absolute atomic E-state index is 0.133. The molecule has 2 aromatic carbocycles. The molecule has 1 atom stereocenters. The number of nitrogens with one attached hydrogen (secondary N) is 1. The second kappa shape index (κ2) is 11.0. The molecule has 1 fully saturated rings. The summed E-state index contributed by atoms with van der Waals surface area (Å²) >= 11 is 1.47. The van der Waals surface area contributed by atoms with Gasteiger partial charge in [-0.1, -0.05) is 55.1 Å². The smallest absolute Gasteiger partial charge is 0.242 e. The van der Waals surface area contributed by atoms with Crippen LogP contribution in [0.2, 0.25) is 0 Å². The molecule has 1 aliphatic heterocycles. The number of hydrogen-bond acceptors (Lipinski definition) is 6. The number of amides is 2. The normalized spacial score (nSPS) is 17.5. The molecular weight excluding hydrogens is 460 g/mol. The maximum atomic E-state index is 12.8. The van der Waals surface area contributed by atoms with Crippen LogP contribution in [0.1, 0.15) is 18.9 Å². The van der Waals surface area contributed by atoms with Crippen LogP contribution in [0.3, 0.4) is 0 Å². The molecule has 1 saturated heterocycles. The van der Waals surface area contributed by atoms with Gasteiger partial charge in [0.25, 0.3) is 0 Å². The third kappa shape index (κ3) is 6.66. The number of hydrogen-bond donors (Lipinski definition) is 1. The van der Waals surface area contributed by atoms with Crippen LogP contribution in [0.4, 0.5) is 5.69 Å². The van der Waals surface area contributed by atoms with Crippen molar-refractivity contribution in [2.75, 3.05) is 27.2 Å². The Morgan fingerprint density at radius 2 is 1.88 bits per heavy atom. The van der Waals surface area contributed by atoms with E-state index in [1.54, 1.807) is 17.0 Å². The molecule has 3 rings (SSSR count). The average molecular weight is 489 g/mol.